The van der Waals surface area contributed by atoms with Crippen molar-refractivity contribution in [3.8, 4) is 0 Å². The molecule has 1 heterocycles. The maximum atomic E-state index is 12.9. The maximum Gasteiger partial charge on any atom is 0.221 e. The summed E-state index contributed by atoms with van der Waals surface area (Å²) in [6, 6.07) is 30.6. The smallest absolute Gasteiger partial charge is 0.221 e. The second-order valence-corrected chi connectivity index (χ2v) is 7.18. The van der Waals surface area contributed by atoms with Crippen LogP contribution in [0.2, 0.25) is 0 Å². The summed E-state index contributed by atoms with van der Waals surface area (Å²) in [5, 5.41) is 4.31. The second kappa shape index (κ2) is 8.13. The Morgan fingerprint density at radius 3 is 2.14 bits per heavy atom. The standard InChI is InChI=1S/C25H24N2O/c1-18(19-10-4-2-5-11-19)26-25(28)17-22(20-12-6-3-7-13-20)24-16-21-14-8-9-15-23(21)27-24/h2-16,18,22,27H,17H2,1H3,(H,26,28)/t18-,22+/m1/s1. The average Bonchev–Trinajstić information content (AvgIpc) is 3.17. The van der Waals surface area contributed by atoms with E-state index in [0.29, 0.717) is 6.42 Å². The minimum Gasteiger partial charge on any atom is -0.358 e. The van der Waals surface area contributed by atoms with Crippen molar-refractivity contribution in [2.24, 2.45) is 0 Å². The van der Waals surface area contributed by atoms with Crippen LogP contribution in [0.4, 0.5) is 0 Å². The Kier molecular flexibility index (Phi) is 5.24. The molecule has 0 aliphatic rings. The summed E-state index contributed by atoms with van der Waals surface area (Å²) < 4.78 is 0. The molecule has 0 unspecified atom stereocenters. The predicted molar refractivity (Wildman–Crippen MR) is 114 cm³/mol. The first-order chi connectivity index (χ1) is 13.7. The van der Waals surface area contributed by atoms with E-state index in [0.717, 1.165) is 27.7 Å². The van der Waals surface area contributed by atoms with Gasteiger partial charge in [-0.1, -0.05) is 78.9 Å². The largest absolute Gasteiger partial charge is 0.358 e. The molecule has 28 heavy (non-hydrogen) atoms. The van der Waals surface area contributed by atoms with Crippen LogP contribution in [-0.4, -0.2) is 10.9 Å². The van der Waals surface area contributed by atoms with Gasteiger partial charge in [-0.25, -0.2) is 0 Å². The Morgan fingerprint density at radius 1 is 0.857 bits per heavy atom. The van der Waals surface area contributed by atoms with Crippen LogP contribution in [0.25, 0.3) is 10.9 Å². The van der Waals surface area contributed by atoms with Gasteiger partial charge in [0.2, 0.25) is 5.91 Å². The molecule has 1 aromatic heterocycles. The molecule has 2 atom stereocenters. The Balaban J connectivity index is 1.58. The molecule has 0 saturated carbocycles. The van der Waals surface area contributed by atoms with E-state index in [2.05, 4.69) is 40.6 Å². The molecule has 0 radical (unpaired) electrons. The molecule has 140 valence electrons. The Hall–Kier alpha value is -3.33. The molecule has 4 aromatic rings. The van der Waals surface area contributed by atoms with Gasteiger partial charge in [0, 0.05) is 23.5 Å². The van der Waals surface area contributed by atoms with Gasteiger partial charge in [-0.3, -0.25) is 4.79 Å². The zero-order chi connectivity index (χ0) is 19.3. The van der Waals surface area contributed by atoms with Crippen LogP contribution in [-0.2, 0) is 4.79 Å². The number of aromatic nitrogens is 1. The predicted octanol–water partition coefficient (Wildman–Crippen LogP) is 5.57. The minimum absolute atomic E-state index is 0.0171. The first kappa shape index (κ1) is 18.1. The Bertz CT molecular complexity index is 1020. The molecule has 4 rings (SSSR count). The molecule has 3 aromatic carbocycles. The van der Waals surface area contributed by atoms with Crippen LogP contribution < -0.4 is 5.32 Å². The van der Waals surface area contributed by atoms with Crippen molar-refractivity contribution in [1.29, 1.82) is 0 Å². The molecule has 0 aliphatic carbocycles. The van der Waals surface area contributed by atoms with Crippen molar-refractivity contribution < 1.29 is 4.79 Å². The van der Waals surface area contributed by atoms with Gasteiger partial charge in [0.15, 0.2) is 0 Å². The summed E-state index contributed by atoms with van der Waals surface area (Å²) in [5.41, 5.74) is 4.40. The molecule has 0 spiro atoms. The summed E-state index contributed by atoms with van der Waals surface area (Å²) in [6.07, 6.45) is 0.397. The van der Waals surface area contributed by atoms with Crippen molar-refractivity contribution in [2.45, 2.75) is 25.3 Å². The van der Waals surface area contributed by atoms with Crippen LogP contribution >= 0.6 is 0 Å². The highest BCUT2D eigenvalue weighted by molar-refractivity contribution is 5.82. The zero-order valence-corrected chi connectivity index (χ0v) is 15.9. The molecule has 2 N–H and O–H groups in total. The van der Waals surface area contributed by atoms with Gasteiger partial charge in [0.05, 0.1) is 6.04 Å². The van der Waals surface area contributed by atoms with E-state index in [9.17, 15) is 4.79 Å². The van der Waals surface area contributed by atoms with Crippen LogP contribution in [0.1, 0.15) is 42.1 Å². The number of fused-ring (bicyclic) bond motifs is 1. The molecule has 3 heteroatoms. The van der Waals surface area contributed by atoms with Crippen LogP contribution in [0, 0.1) is 0 Å². The second-order valence-electron chi connectivity index (χ2n) is 7.18. The lowest BCUT2D eigenvalue weighted by Crippen LogP contribution is -2.28. The van der Waals surface area contributed by atoms with Gasteiger partial charge >= 0.3 is 0 Å². The molecule has 1 amide bonds. The van der Waals surface area contributed by atoms with Crippen molar-refractivity contribution in [2.75, 3.05) is 0 Å². The monoisotopic (exact) mass is 368 g/mol. The number of benzene rings is 3. The normalized spacial score (nSPS) is 13.2. The number of para-hydroxylation sites is 1. The van der Waals surface area contributed by atoms with E-state index in [1.54, 1.807) is 0 Å². The fourth-order valence-corrected chi connectivity index (χ4v) is 3.69. The number of aromatic amines is 1. The minimum atomic E-state index is -0.0205. The first-order valence-electron chi connectivity index (χ1n) is 9.67. The van der Waals surface area contributed by atoms with Crippen LogP contribution in [0.3, 0.4) is 0 Å². The summed E-state index contributed by atoms with van der Waals surface area (Å²) in [6.45, 7) is 2.02. The highest BCUT2D eigenvalue weighted by Gasteiger charge is 2.21. The van der Waals surface area contributed by atoms with E-state index in [1.807, 2.05) is 67.6 Å². The lowest BCUT2D eigenvalue weighted by Gasteiger charge is -2.19. The Labute approximate surface area is 165 Å². The first-order valence-corrected chi connectivity index (χ1v) is 9.67. The van der Waals surface area contributed by atoms with Gasteiger partial charge in [0.25, 0.3) is 0 Å². The molecule has 3 nitrogen and oxygen atoms in total. The fraction of sp³-hybridized carbons (Fsp3) is 0.160. The molecular formula is C25H24N2O. The number of amides is 1. The van der Waals surface area contributed by atoms with Crippen molar-refractivity contribution in [3.05, 3.63) is 108 Å². The lowest BCUT2D eigenvalue weighted by molar-refractivity contribution is -0.122. The Morgan fingerprint density at radius 2 is 1.46 bits per heavy atom. The van der Waals surface area contributed by atoms with Crippen molar-refractivity contribution in [3.63, 3.8) is 0 Å². The molecule has 0 fully saturated rings. The fourth-order valence-electron chi connectivity index (χ4n) is 3.69. The van der Waals surface area contributed by atoms with Crippen LogP contribution in [0.15, 0.2) is 91.0 Å². The number of hydrogen-bond donors (Lipinski definition) is 2. The highest BCUT2D eigenvalue weighted by Crippen LogP contribution is 2.30. The summed E-state index contributed by atoms with van der Waals surface area (Å²) in [7, 11) is 0. The number of H-pyrrole nitrogens is 1. The molecular weight excluding hydrogens is 344 g/mol. The van der Waals surface area contributed by atoms with Crippen molar-refractivity contribution >= 4 is 16.8 Å². The van der Waals surface area contributed by atoms with Gasteiger partial charge < -0.3 is 10.3 Å². The molecule has 0 aliphatic heterocycles. The quantitative estimate of drug-likeness (QED) is 0.459. The number of carbonyl (C=O) groups is 1. The third kappa shape index (κ3) is 3.99. The number of rotatable bonds is 6. The highest BCUT2D eigenvalue weighted by atomic mass is 16.1. The zero-order valence-electron chi connectivity index (χ0n) is 15.9. The third-order valence-corrected chi connectivity index (χ3v) is 5.19. The van der Waals surface area contributed by atoms with Gasteiger partial charge in [0.1, 0.15) is 0 Å². The maximum absolute atomic E-state index is 12.9. The number of nitrogens with one attached hydrogen (secondary N) is 2. The third-order valence-electron chi connectivity index (χ3n) is 5.19. The summed E-state index contributed by atoms with van der Waals surface area (Å²) in [4.78, 5) is 16.4. The lowest BCUT2D eigenvalue weighted by atomic mass is 9.92. The van der Waals surface area contributed by atoms with E-state index >= 15 is 0 Å². The number of carbonyl (C=O) groups excluding carboxylic acids is 1. The van der Waals surface area contributed by atoms with Gasteiger partial charge in [-0.15, -0.1) is 0 Å². The van der Waals surface area contributed by atoms with Gasteiger partial charge in [-0.2, -0.15) is 0 Å². The van der Waals surface area contributed by atoms with E-state index in [4.69, 9.17) is 0 Å². The SMILES string of the molecule is C[C@@H](NC(=O)C[C@@H](c1ccccc1)c1cc2ccccc2[nH]1)c1ccccc1. The van der Waals surface area contributed by atoms with Crippen molar-refractivity contribution in [1.82, 2.24) is 10.3 Å². The molecule has 0 bridgehead atoms. The van der Waals surface area contributed by atoms with E-state index < -0.39 is 0 Å². The van der Waals surface area contributed by atoms with E-state index in [1.165, 1.54) is 0 Å². The summed E-state index contributed by atoms with van der Waals surface area (Å²) >= 11 is 0. The van der Waals surface area contributed by atoms with E-state index in [-0.39, 0.29) is 17.9 Å². The van der Waals surface area contributed by atoms with Gasteiger partial charge in [-0.05, 0) is 35.6 Å². The summed E-state index contributed by atoms with van der Waals surface area (Å²) in [5.74, 6) is 0.0282. The molecule has 0 saturated heterocycles. The van der Waals surface area contributed by atoms with Crippen LogP contribution in [0.5, 0.6) is 0 Å². The average molecular weight is 368 g/mol. The topological polar surface area (TPSA) is 44.9 Å². The number of hydrogen-bond acceptors (Lipinski definition) is 1.